The number of ketones is 1. The highest BCUT2D eigenvalue weighted by Gasteiger charge is 2.15. The first-order valence-corrected chi connectivity index (χ1v) is 4.41. The molecule has 0 radical (unpaired) electrons. The van der Waals surface area contributed by atoms with Gasteiger partial charge in [0.05, 0.1) is 19.3 Å². The molecule has 15 heavy (non-hydrogen) atoms. The molecule has 0 amide bonds. The average molecular weight is 204 g/mol. The number of rotatable bonds is 4. The number of aromatic nitrogens is 1. The molecule has 0 fully saturated rings. The molecule has 4 heteroatoms. The summed E-state index contributed by atoms with van der Waals surface area (Å²) >= 11 is 0. The van der Waals surface area contributed by atoms with Crippen LogP contribution in [0.25, 0.3) is 0 Å². The summed E-state index contributed by atoms with van der Waals surface area (Å²) in [4.78, 5) is 15.6. The Bertz CT molecular complexity index is 396. The van der Waals surface area contributed by atoms with Crippen molar-refractivity contribution in [2.45, 2.75) is 12.5 Å². The third-order valence-electron chi connectivity index (χ3n) is 1.91. The van der Waals surface area contributed by atoms with Gasteiger partial charge in [0.2, 0.25) is 0 Å². The summed E-state index contributed by atoms with van der Waals surface area (Å²) in [6.07, 6.45) is 8.26. The zero-order valence-electron chi connectivity index (χ0n) is 8.43. The van der Waals surface area contributed by atoms with E-state index < -0.39 is 6.04 Å². The molecule has 2 N–H and O–H groups in total. The lowest BCUT2D eigenvalue weighted by atomic mass is 10.0. The third kappa shape index (κ3) is 2.79. The van der Waals surface area contributed by atoms with Crippen molar-refractivity contribution in [1.82, 2.24) is 4.98 Å². The Labute approximate surface area is 88.5 Å². The standard InChI is InChI=1S/C11H12N2O2/c1-3-4-10(12)11(14)8-5-9(15-2)7-13-6-8/h1,5-7,10H,4,12H2,2H3. The van der Waals surface area contributed by atoms with E-state index in [1.807, 2.05) is 0 Å². The van der Waals surface area contributed by atoms with Crippen LogP contribution < -0.4 is 10.5 Å². The van der Waals surface area contributed by atoms with Crippen molar-refractivity contribution in [3.63, 3.8) is 0 Å². The number of terminal acetylenes is 1. The van der Waals surface area contributed by atoms with E-state index in [0.29, 0.717) is 11.3 Å². The van der Waals surface area contributed by atoms with Gasteiger partial charge in [-0.3, -0.25) is 9.78 Å². The minimum absolute atomic E-state index is 0.218. The Hall–Kier alpha value is -1.86. The van der Waals surface area contributed by atoms with Gasteiger partial charge in [0, 0.05) is 18.2 Å². The number of hydrogen-bond acceptors (Lipinski definition) is 4. The molecule has 0 aliphatic heterocycles. The number of Topliss-reactive ketones (excluding diaryl/α,β-unsaturated/α-hetero) is 1. The molecule has 78 valence electrons. The number of hydrogen-bond donors (Lipinski definition) is 1. The maximum absolute atomic E-state index is 11.7. The second-order valence-electron chi connectivity index (χ2n) is 2.99. The summed E-state index contributed by atoms with van der Waals surface area (Å²) in [5, 5.41) is 0. The summed E-state index contributed by atoms with van der Waals surface area (Å²) in [5.41, 5.74) is 6.00. The number of carbonyl (C=O) groups excluding carboxylic acids is 1. The van der Waals surface area contributed by atoms with Crippen LogP contribution in [0.15, 0.2) is 18.5 Å². The van der Waals surface area contributed by atoms with E-state index >= 15 is 0 Å². The summed E-state index contributed by atoms with van der Waals surface area (Å²) in [6.45, 7) is 0. The zero-order valence-corrected chi connectivity index (χ0v) is 8.43. The highest BCUT2D eigenvalue weighted by Crippen LogP contribution is 2.12. The van der Waals surface area contributed by atoms with Crippen LogP contribution in [0.1, 0.15) is 16.8 Å². The van der Waals surface area contributed by atoms with Crippen LogP contribution in [-0.4, -0.2) is 23.9 Å². The number of pyridine rings is 1. The summed E-state index contributed by atoms with van der Waals surface area (Å²) in [6, 6.07) is 0.912. The van der Waals surface area contributed by atoms with E-state index in [2.05, 4.69) is 10.9 Å². The monoisotopic (exact) mass is 204 g/mol. The smallest absolute Gasteiger partial charge is 0.182 e. The van der Waals surface area contributed by atoms with E-state index in [1.54, 1.807) is 6.07 Å². The van der Waals surface area contributed by atoms with Crippen molar-refractivity contribution >= 4 is 5.78 Å². The molecule has 1 aromatic heterocycles. The topological polar surface area (TPSA) is 65.2 Å². The van der Waals surface area contributed by atoms with E-state index in [-0.39, 0.29) is 12.2 Å². The summed E-state index contributed by atoms with van der Waals surface area (Å²) in [7, 11) is 1.51. The van der Waals surface area contributed by atoms with Crippen molar-refractivity contribution in [1.29, 1.82) is 0 Å². The van der Waals surface area contributed by atoms with Gasteiger partial charge in [-0.15, -0.1) is 12.3 Å². The highest BCUT2D eigenvalue weighted by atomic mass is 16.5. The van der Waals surface area contributed by atoms with Crippen LogP contribution in [0.4, 0.5) is 0 Å². The maximum Gasteiger partial charge on any atom is 0.182 e. The Morgan fingerprint density at radius 3 is 3.07 bits per heavy atom. The van der Waals surface area contributed by atoms with Crippen molar-refractivity contribution in [3.05, 3.63) is 24.0 Å². The average Bonchev–Trinajstić information content (AvgIpc) is 2.28. The van der Waals surface area contributed by atoms with Gasteiger partial charge in [0.15, 0.2) is 5.78 Å². The Morgan fingerprint density at radius 2 is 2.47 bits per heavy atom. The Kier molecular flexibility index (Phi) is 3.83. The SMILES string of the molecule is C#CCC(N)C(=O)c1cncc(OC)c1. The van der Waals surface area contributed by atoms with Gasteiger partial charge >= 0.3 is 0 Å². The second-order valence-corrected chi connectivity index (χ2v) is 2.99. The van der Waals surface area contributed by atoms with E-state index in [0.717, 1.165) is 0 Å². The normalized spacial score (nSPS) is 11.5. The molecule has 0 aromatic carbocycles. The number of methoxy groups -OCH3 is 1. The molecule has 1 rings (SSSR count). The van der Waals surface area contributed by atoms with E-state index in [4.69, 9.17) is 16.9 Å². The molecule has 1 heterocycles. The maximum atomic E-state index is 11.7. The van der Waals surface area contributed by atoms with Crippen LogP contribution in [0.2, 0.25) is 0 Å². The molecule has 0 aliphatic rings. The van der Waals surface area contributed by atoms with E-state index in [1.165, 1.54) is 19.5 Å². The van der Waals surface area contributed by atoms with Gasteiger partial charge in [-0.1, -0.05) is 0 Å². The molecule has 0 aliphatic carbocycles. The first-order chi connectivity index (χ1) is 7.19. The van der Waals surface area contributed by atoms with Crippen LogP contribution in [0.5, 0.6) is 5.75 Å². The summed E-state index contributed by atoms with van der Waals surface area (Å²) < 4.78 is 4.95. The van der Waals surface area contributed by atoms with Gasteiger partial charge in [-0.05, 0) is 6.07 Å². The fourth-order valence-corrected chi connectivity index (χ4v) is 1.10. The first kappa shape index (κ1) is 11.2. The Balaban J connectivity index is 2.87. The number of carbonyl (C=O) groups is 1. The minimum Gasteiger partial charge on any atom is -0.495 e. The van der Waals surface area contributed by atoms with Crippen molar-refractivity contribution in [2.24, 2.45) is 5.73 Å². The molecule has 4 nitrogen and oxygen atoms in total. The van der Waals surface area contributed by atoms with Gasteiger partial charge < -0.3 is 10.5 Å². The van der Waals surface area contributed by atoms with Crippen LogP contribution in [0, 0.1) is 12.3 Å². The van der Waals surface area contributed by atoms with Crippen LogP contribution >= 0.6 is 0 Å². The quantitative estimate of drug-likeness (QED) is 0.577. The zero-order chi connectivity index (χ0) is 11.3. The summed E-state index contributed by atoms with van der Waals surface area (Å²) in [5.74, 6) is 2.65. The predicted molar refractivity (Wildman–Crippen MR) is 56.5 cm³/mol. The predicted octanol–water partition coefficient (Wildman–Crippen LogP) is 0.624. The first-order valence-electron chi connectivity index (χ1n) is 4.41. The number of nitrogens with two attached hydrogens (primary N) is 1. The molecule has 0 saturated carbocycles. The number of ether oxygens (including phenoxy) is 1. The van der Waals surface area contributed by atoms with Crippen LogP contribution in [-0.2, 0) is 0 Å². The lowest BCUT2D eigenvalue weighted by molar-refractivity contribution is 0.0962. The van der Waals surface area contributed by atoms with Gasteiger partial charge in [0.1, 0.15) is 5.75 Å². The molecular formula is C11H12N2O2. The molecule has 0 spiro atoms. The molecule has 0 bridgehead atoms. The molecule has 0 saturated heterocycles. The van der Waals surface area contributed by atoms with E-state index in [9.17, 15) is 4.79 Å². The highest BCUT2D eigenvalue weighted by molar-refractivity contribution is 6.00. The molecular weight excluding hydrogens is 192 g/mol. The van der Waals surface area contributed by atoms with Crippen molar-refractivity contribution in [3.8, 4) is 18.1 Å². The second kappa shape index (κ2) is 5.13. The lowest BCUT2D eigenvalue weighted by Gasteiger charge is -2.07. The van der Waals surface area contributed by atoms with Gasteiger partial charge in [-0.25, -0.2) is 0 Å². The lowest BCUT2D eigenvalue weighted by Crippen LogP contribution is -2.30. The number of nitrogens with zero attached hydrogens (tertiary/aromatic N) is 1. The fourth-order valence-electron chi connectivity index (χ4n) is 1.10. The Morgan fingerprint density at radius 1 is 1.73 bits per heavy atom. The molecule has 1 atom stereocenters. The van der Waals surface area contributed by atoms with Crippen LogP contribution in [0.3, 0.4) is 0 Å². The van der Waals surface area contributed by atoms with Crippen molar-refractivity contribution in [2.75, 3.05) is 7.11 Å². The third-order valence-corrected chi connectivity index (χ3v) is 1.91. The largest absolute Gasteiger partial charge is 0.495 e. The van der Waals surface area contributed by atoms with Gasteiger partial charge in [-0.2, -0.15) is 0 Å². The minimum atomic E-state index is -0.677. The molecule has 1 aromatic rings. The molecule has 1 unspecified atom stereocenters. The fraction of sp³-hybridized carbons (Fsp3) is 0.273. The van der Waals surface area contributed by atoms with Crippen molar-refractivity contribution < 1.29 is 9.53 Å². The van der Waals surface area contributed by atoms with Gasteiger partial charge in [0.25, 0.3) is 0 Å².